The summed E-state index contributed by atoms with van der Waals surface area (Å²) < 4.78 is 38.1. The number of anilines is 2. The Hall–Kier alpha value is -2.01. The minimum Gasteiger partial charge on any atom is -0.340 e. The highest BCUT2D eigenvalue weighted by Crippen LogP contribution is 2.35. The lowest BCUT2D eigenvalue weighted by Crippen LogP contribution is -2.33. The topological polar surface area (TPSA) is 29.3 Å². The van der Waals surface area contributed by atoms with Gasteiger partial charge in [-0.05, 0) is 48.7 Å². The Labute approximate surface area is 127 Å². The molecule has 22 heavy (non-hydrogen) atoms. The van der Waals surface area contributed by atoms with Gasteiger partial charge in [0, 0.05) is 24.0 Å². The standard InChI is InChI=1S/C17H17F3N2/c18-17(19,20)13-6-9-15(10-7-13)22-11-14(21)8-5-12-3-1-2-4-16(12)22/h1-4,6-7,9-10,14H,5,8,11,21H2. The first-order valence-corrected chi connectivity index (χ1v) is 7.23. The Kier molecular flexibility index (Phi) is 3.83. The largest absolute Gasteiger partial charge is 0.416 e. The number of benzene rings is 2. The zero-order valence-electron chi connectivity index (χ0n) is 12.0. The van der Waals surface area contributed by atoms with Gasteiger partial charge in [0.25, 0.3) is 0 Å². The van der Waals surface area contributed by atoms with E-state index in [1.54, 1.807) is 0 Å². The van der Waals surface area contributed by atoms with Gasteiger partial charge in [0.15, 0.2) is 0 Å². The van der Waals surface area contributed by atoms with Gasteiger partial charge in [-0.3, -0.25) is 0 Å². The molecule has 1 heterocycles. The van der Waals surface area contributed by atoms with Crippen molar-refractivity contribution in [1.82, 2.24) is 0 Å². The highest BCUT2D eigenvalue weighted by Gasteiger charge is 2.30. The molecule has 2 nitrogen and oxygen atoms in total. The third-order valence-corrected chi connectivity index (χ3v) is 3.99. The van der Waals surface area contributed by atoms with Crippen molar-refractivity contribution in [3.63, 3.8) is 0 Å². The molecule has 0 spiro atoms. The van der Waals surface area contributed by atoms with Gasteiger partial charge in [-0.25, -0.2) is 0 Å². The first-order chi connectivity index (χ1) is 10.4. The van der Waals surface area contributed by atoms with Crippen molar-refractivity contribution in [1.29, 1.82) is 0 Å². The van der Waals surface area contributed by atoms with E-state index in [0.717, 1.165) is 36.3 Å². The molecule has 116 valence electrons. The number of fused-ring (bicyclic) bond motifs is 1. The van der Waals surface area contributed by atoms with Crippen LogP contribution >= 0.6 is 0 Å². The van der Waals surface area contributed by atoms with Crippen LogP contribution in [-0.2, 0) is 12.6 Å². The number of nitrogens with zero attached hydrogens (tertiary/aromatic N) is 1. The summed E-state index contributed by atoms with van der Waals surface area (Å²) in [5.74, 6) is 0. The van der Waals surface area contributed by atoms with Gasteiger partial charge in [-0.1, -0.05) is 18.2 Å². The van der Waals surface area contributed by atoms with Crippen LogP contribution in [0.25, 0.3) is 0 Å². The van der Waals surface area contributed by atoms with Crippen LogP contribution < -0.4 is 10.6 Å². The second-order valence-corrected chi connectivity index (χ2v) is 5.58. The first kappa shape index (κ1) is 14.9. The van der Waals surface area contributed by atoms with Crippen LogP contribution in [0.2, 0.25) is 0 Å². The van der Waals surface area contributed by atoms with Gasteiger partial charge in [0.05, 0.1) is 5.56 Å². The number of hydrogen-bond donors (Lipinski definition) is 1. The maximum absolute atomic E-state index is 12.7. The Morgan fingerprint density at radius 2 is 1.68 bits per heavy atom. The predicted molar refractivity (Wildman–Crippen MR) is 81.2 cm³/mol. The molecule has 0 bridgehead atoms. The molecule has 1 aliphatic rings. The molecule has 5 heteroatoms. The molecule has 0 aromatic heterocycles. The number of para-hydroxylation sites is 1. The normalized spacial score (nSPS) is 18.7. The molecular weight excluding hydrogens is 289 g/mol. The molecule has 0 saturated heterocycles. The Morgan fingerprint density at radius 3 is 2.36 bits per heavy atom. The van der Waals surface area contributed by atoms with Crippen LogP contribution in [0.15, 0.2) is 48.5 Å². The maximum Gasteiger partial charge on any atom is 0.416 e. The molecule has 2 N–H and O–H groups in total. The van der Waals surface area contributed by atoms with Gasteiger partial charge in [0.2, 0.25) is 0 Å². The summed E-state index contributed by atoms with van der Waals surface area (Å²) in [4.78, 5) is 2.01. The van der Waals surface area contributed by atoms with E-state index in [2.05, 4.69) is 0 Å². The fraction of sp³-hybridized carbons (Fsp3) is 0.294. The van der Waals surface area contributed by atoms with E-state index >= 15 is 0 Å². The SMILES string of the molecule is NC1CCc2ccccc2N(c2ccc(C(F)(F)F)cc2)C1. The number of halogens is 3. The van der Waals surface area contributed by atoms with Crippen molar-refractivity contribution in [2.24, 2.45) is 5.73 Å². The Balaban J connectivity index is 1.99. The second-order valence-electron chi connectivity index (χ2n) is 5.58. The van der Waals surface area contributed by atoms with Crippen molar-refractivity contribution < 1.29 is 13.2 Å². The van der Waals surface area contributed by atoms with Crippen molar-refractivity contribution in [2.45, 2.75) is 25.1 Å². The van der Waals surface area contributed by atoms with Gasteiger partial charge in [-0.15, -0.1) is 0 Å². The summed E-state index contributed by atoms with van der Waals surface area (Å²) in [7, 11) is 0. The monoisotopic (exact) mass is 306 g/mol. The molecule has 2 aromatic rings. The highest BCUT2D eigenvalue weighted by atomic mass is 19.4. The van der Waals surface area contributed by atoms with Crippen molar-refractivity contribution in [2.75, 3.05) is 11.4 Å². The van der Waals surface area contributed by atoms with Crippen LogP contribution in [0.3, 0.4) is 0 Å². The van der Waals surface area contributed by atoms with E-state index in [4.69, 9.17) is 5.73 Å². The second kappa shape index (κ2) is 5.65. The molecule has 0 saturated carbocycles. The molecule has 0 radical (unpaired) electrons. The average molecular weight is 306 g/mol. The van der Waals surface area contributed by atoms with E-state index < -0.39 is 11.7 Å². The molecule has 0 aliphatic carbocycles. The summed E-state index contributed by atoms with van der Waals surface area (Å²) in [6, 6.07) is 13.2. The maximum atomic E-state index is 12.7. The lowest BCUT2D eigenvalue weighted by atomic mass is 10.1. The van der Waals surface area contributed by atoms with E-state index in [1.165, 1.54) is 17.7 Å². The van der Waals surface area contributed by atoms with E-state index in [-0.39, 0.29) is 6.04 Å². The van der Waals surface area contributed by atoms with Gasteiger partial charge in [0.1, 0.15) is 0 Å². The third kappa shape index (κ3) is 2.95. The lowest BCUT2D eigenvalue weighted by molar-refractivity contribution is -0.137. The number of alkyl halides is 3. The van der Waals surface area contributed by atoms with Gasteiger partial charge >= 0.3 is 6.18 Å². The summed E-state index contributed by atoms with van der Waals surface area (Å²) in [5, 5.41) is 0. The Morgan fingerprint density at radius 1 is 1.00 bits per heavy atom. The lowest BCUT2D eigenvalue weighted by Gasteiger charge is -2.27. The molecule has 1 atom stereocenters. The first-order valence-electron chi connectivity index (χ1n) is 7.23. The van der Waals surface area contributed by atoms with Crippen LogP contribution in [0.5, 0.6) is 0 Å². The summed E-state index contributed by atoms with van der Waals surface area (Å²) in [5.41, 5.74) is 8.42. The number of hydrogen-bond acceptors (Lipinski definition) is 2. The van der Waals surface area contributed by atoms with Crippen LogP contribution in [0.1, 0.15) is 17.5 Å². The highest BCUT2D eigenvalue weighted by molar-refractivity contribution is 5.67. The number of aryl methyl sites for hydroxylation is 1. The molecule has 3 rings (SSSR count). The smallest absolute Gasteiger partial charge is 0.340 e. The van der Waals surface area contributed by atoms with Crippen LogP contribution in [-0.4, -0.2) is 12.6 Å². The van der Waals surface area contributed by atoms with Crippen LogP contribution in [0.4, 0.5) is 24.5 Å². The minimum atomic E-state index is -4.31. The molecule has 1 aliphatic heterocycles. The molecular formula is C17H17F3N2. The average Bonchev–Trinajstić information content (AvgIpc) is 2.66. The fourth-order valence-electron chi connectivity index (χ4n) is 2.83. The number of nitrogens with two attached hydrogens (primary N) is 1. The number of rotatable bonds is 1. The summed E-state index contributed by atoms with van der Waals surface area (Å²) in [6.45, 7) is 0.600. The van der Waals surface area contributed by atoms with E-state index in [9.17, 15) is 13.2 Å². The summed E-state index contributed by atoms with van der Waals surface area (Å²) >= 11 is 0. The fourth-order valence-corrected chi connectivity index (χ4v) is 2.83. The zero-order chi connectivity index (χ0) is 15.7. The molecule has 1 unspecified atom stereocenters. The Bertz CT molecular complexity index is 650. The minimum absolute atomic E-state index is 0.00491. The van der Waals surface area contributed by atoms with Crippen molar-refractivity contribution in [3.05, 3.63) is 59.7 Å². The third-order valence-electron chi connectivity index (χ3n) is 3.99. The molecule has 0 amide bonds. The van der Waals surface area contributed by atoms with Gasteiger partial charge < -0.3 is 10.6 Å². The van der Waals surface area contributed by atoms with Crippen molar-refractivity contribution in [3.8, 4) is 0 Å². The van der Waals surface area contributed by atoms with E-state index in [0.29, 0.717) is 6.54 Å². The van der Waals surface area contributed by atoms with E-state index in [1.807, 2.05) is 29.2 Å². The molecule has 0 fully saturated rings. The van der Waals surface area contributed by atoms with Crippen molar-refractivity contribution >= 4 is 11.4 Å². The van der Waals surface area contributed by atoms with Crippen LogP contribution in [0, 0.1) is 0 Å². The summed E-state index contributed by atoms with van der Waals surface area (Å²) in [6.07, 6.45) is -2.56. The zero-order valence-corrected chi connectivity index (χ0v) is 12.0. The predicted octanol–water partition coefficient (Wildman–Crippen LogP) is 4.12. The molecule has 2 aromatic carbocycles. The quantitative estimate of drug-likeness (QED) is 0.859. The van der Waals surface area contributed by atoms with Gasteiger partial charge in [-0.2, -0.15) is 13.2 Å².